The number of thiophene rings is 1. The normalized spacial score (nSPS) is 23.5. The number of hydrogen-bond acceptors (Lipinski definition) is 3. The largest absolute Gasteiger partial charge is 0.329 e. The molecule has 2 N–H and O–H groups in total. The molecule has 0 amide bonds. The van der Waals surface area contributed by atoms with Gasteiger partial charge in [0.25, 0.3) is 0 Å². The standard InChI is InChI=1S/C14H24N2S/c1-10(2)12-5-4-7-16(12)13(9-15)14-11(3)6-8-17-14/h6,8,10,12-13H,4-5,7,9,15H2,1-3H3. The van der Waals surface area contributed by atoms with E-state index in [-0.39, 0.29) is 0 Å². The number of hydrogen-bond donors (Lipinski definition) is 1. The van der Waals surface area contributed by atoms with Gasteiger partial charge in [-0.05, 0) is 49.2 Å². The maximum Gasteiger partial charge on any atom is 0.0569 e. The van der Waals surface area contributed by atoms with E-state index in [1.807, 2.05) is 11.3 Å². The van der Waals surface area contributed by atoms with Crippen molar-refractivity contribution in [3.8, 4) is 0 Å². The molecule has 0 bridgehead atoms. The first-order valence-electron chi connectivity index (χ1n) is 6.65. The third kappa shape index (κ3) is 2.56. The summed E-state index contributed by atoms with van der Waals surface area (Å²) in [7, 11) is 0. The quantitative estimate of drug-likeness (QED) is 0.892. The molecule has 2 atom stereocenters. The van der Waals surface area contributed by atoms with Gasteiger partial charge in [0.1, 0.15) is 0 Å². The van der Waals surface area contributed by atoms with Crippen LogP contribution < -0.4 is 5.73 Å². The van der Waals surface area contributed by atoms with Crippen LogP contribution in [-0.2, 0) is 0 Å². The Bertz CT molecular complexity index is 359. The molecular formula is C14H24N2S. The van der Waals surface area contributed by atoms with Crippen LogP contribution in [0.3, 0.4) is 0 Å². The van der Waals surface area contributed by atoms with Gasteiger partial charge in [-0.3, -0.25) is 4.90 Å². The van der Waals surface area contributed by atoms with Crippen molar-refractivity contribution in [2.45, 2.75) is 45.7 Å². The number of aryl methyl sites for hydroxylation is 1. The third-order valence-corrected chi connectivity index (χ3v) is 5.06. The fraction of sp³-hybridized carbons (Fsp3) is 0.714. The van der Waals surface area contributed by atoms with Gasteiger partial charge < -0.3 is 5.73 Å². The van der Waals surface area contributed by atoms with E-state index in [1.54, 1.807) is 0 Å². The minimum Gasteiger partial charge on any atom is -0.329 e. The van der Waals surface area contributed by atoms with Gasteiger partial charge in [-0.25, -0.2) is 0 Å². The van der Waals surface area contributed by atoms with Gasteiger partial charge in [0.05, 0.1) is 6.04 Å². The molecule has 17 heavy (non-hydrogen) atoms. The predicted octanol–water partition coefficient (Wildman–Crippen LogP) is 3.18. The lowest BCUT2D eigenvalue weighted by Crippen LogP contribution is -2.39. The first kappa shape index (κ1) is 13.1. The second-order valence-electron chi connectivity index (χ2n) is 5.41. The number of likely N-dealkylation sites (tertiary alicyclic amines) is 1. The molecule has 1 aliphatic heterocycles. The van der Waals surface area contributed by atoms with Gasteiger partial charge in [-0.1, -0.05) is 13.8 Å². The van der Waals surface area contributed by atoms with Crippen LogP contribution in [0.4, 0.5) is 0 Å². The van der Waals surface area contributed by atoms with Crippen LogP contribution >= 0.6 is 11.3 Å². The minimum absolute atomic E-state index is 0.435. The molecule has 0 saturated carbocycles. The summed E-state index contributed by atoms with van der Waals surface area (Å²) in [5.74, 6) is 0.729. The maximum absolute atomic E-state index is 6.04. The SMILES string of the molecule is Cc1ccsc1C(CN)N1CCCC1C(C)C. The maximum atomic E-state index is 6.04. The molecule has 0 aromatic carbocycles. The first-order chi connectivity index (χ1) is 8.15. The van der Waals surface area contributed by atoms with Gasteiger partial charge in [0, 0.05) is 17.5 Å². The molecule has 1 aromatic rings. The third-order valence-electron chi connectivity index (χ3n) is 3.94. The van der Waals surface area contributed by atoms with E-state index in [1.165, 1.54) is 29.8 Å². The van der Waals surface area contributed by atoms with Gasteiger partial charge >= 0.3 is 0 Å². The lowest BCUT2D eigenvalue weighted by Gasteiger charge is -2.34. The Morgan fingerprint density at radius 2 is 2.29 bits per heavy atom. The van der Waals surface area contributed by atoms with Crippen LogP contribution in [0.5, 0.6) is 0 Å². The summed E-state index contributed by atoms with van der Waals surface area (Å²) in [5.41, 5.74) is 7.44. The smallest absolute Gasteiger partial charge is 0.0569 e. The summed E-state index contributed by atoms with van der Waals surface area (Å²) in [6, 6.07) is 3.36. The van der Waals surface area contributed by atoms with Crippen molar-refractivity contribution in [2.75, 3.05) is 13.1 Å². The summed E-state index contributed by atoms with van der Waals surface area (Å²) in [4.78, 5) is 4.11. The van der Waals surface area contributed by atoms with E-state index in [0.717, 1.165) is 12.5 Å². The Kier molecular flexibility index (Phi) is 4.23. The predicted molar refractivity (Wildman–Crippen MR) is 75.4 cm³/mol. The van der Waals surface area contributed by atoms with Crippen molar-refractivity contribution in [1.29, 1.82) is 0 Å². The van der Waals surface area contributed by atoms with E-state index < -0.39 is 0 Å². The molecule has 1 aliphatic rings. The van der Waals surface area contributed by atoms with Crippen molar-refractivity contribution in [3.63, 3.8) is 0 Å². The van der Waals surface area contributed by atoms with Crippen LogP contribution in [0.25, 0.3) is 0 Å². The molecule has 2 rings (SSSR count). The highest BCUT2D eigenvalue weighted by atomic mass is 32.1. The number of rotatable bonds is 4. The lowest BCUT2D eigenvalue weighted by molar-refractivity contribution is 0.151. The topological polar surface area (TPSA) is 29.3 Å². The highest BCUT2D eigenvalue weighted by Crippen LogP contribution is 2.35. The van der Waals surface area contributed by atoms with Crippen LogP contribution in [0.2, 0.25) is 0 Å². The zero-order valence-electron chi connectivity index (χ0n) is 11.1. The van der Waals surface area contributed by atoms with E-state index >= 15 is 0 Å². The summed E-state index contributed by atoms with van der Waals surface area (Å²) in [6.45, 7) is 8.82. The van der Waals surface area contributed by atoms with Crippen molar-refractivity contribution in [2.24, 2.45) is 11.7 Å². The van der Waals surface area contributed by atoms with E-state index in [4.69, 9.17) is 5.73 Å². The van der Waals surface area contributed by atoms with Crippen LogP contribution in [-0.4, -0.2) is 24.0 Å². The molecular weight excluding hydrogens is 228 g/mol. The van der Waals surface area contributed by atoms with Crippen LogP contribution in [0, 0.1) is 12.8 Å². The van der Waals surface area contributed by atoms with E-state index in [2.05, 4.69) is 37.1 Å². The average molecular weight is 252 g/mol. The van der Waals surface area contributed by atoms with Gasteiger partial charge in [0.2, 0.25) is 0 Å². The van der Waals surface area contributed by atoms with Crippen molar-refractivity contribution in [1.82, 2.24) is 4.90 Å². The fourth-order valence-electron chi connectivity index (χ4n) is 3.04. The van der Waals surface area contributed by atoms with Crippen molar-refractivity contribution in [3.05, 3.63) is 21.9 Å². The average Bonchev–Trinajstić information content (AvgIpc) is 2.90. The summed E-state index contributed by atoms with van der Waals surface area (Å²) < 4.78 is 0. The first-order valence-corrected chi connectivity index (χ1v) is 7.53. The molecule has 1 aromatic heterocycles. The summed E-state index contributed by atoms with van der Waals surface area (Å²) in [6.07, 6.45) is 2.66. The molecule has 0 spiro atoms. The van der Waals surface area contributed by atoms with Gasteiger partial charge in [0.15, 0.2) is 0 Å². The monoisotopic (exact) mass is 252 g/mol. The lowest BCUT2D eigenvalue weighted by atomic mass is 10.00. The molecule has 0 radical (unpaired) electrons. The van der Waals surface area contributed by atoms with Crippen molar-refractivity contribution < 1.29 is 0 Å². The number of nitrogens with zero attached hydrogens (tertiary/aromatic N) is 1. The Balaban J connectivity index is 2.21. The van der Waals surface area contributed by atoms with E-state index in [0.29, 0.717) is 12.1 Å². The molecule has 1 fully saturated rings. The second kappa shape index (κ2) is 5.51. The van der Waals surface area contributed by atoms with Gasteiger partial charge in [-0.15, -0.1) is 11.3 Å². The Hall–Kier alpha value is -0.380. The molecule has 1 saturated heterocycles. The highest BCUT2D eigenvalue weighted by Gasteiger charge is 2.33. The molecule has 96 valence electrons. The zero-order chi connectivity index (χ0) is 12.4. The van der Waals surface area contributed by atoms with Crippen LogP contribution in [0.1, 0.15) is 43.2 Å². The Morgan fingerprint density at radius 3 is 2.82 bits per heavy atom. The minimum atomic E-state index is 0.435. The second-order valence-corrected chi connectivity index (χ2v) is 6.36. The van der Waals surface area contributed by atoms with E-state index in [9.17, 15) is 0 Å². The number of nitrogens with two attached hydrogens (primary N) is 1. The molecule has 2 unspecified atom stereocenters. The Labute approximate surface area is 109 Å². The molecule has 3 heteroatoms. The van der Waals surface area contributed by atoms with Crippen molar-refractivity contribution >= 4 is 11.3 Å². The highest BCUT2D eigenvalue weighted by molar-refractivity contribution is 7.10. The summed E-state index contributed by atoms with van der Waals surface area (Å²) in [5, 5.41) is 2.19. The Morgan fingerprint density at radius 1 is 1.53 bits per heavy atom. The zero-order valence-corrected chi connectivity index (χ0v) is 12.0. The molecule has 2 nitrogen and oxygen atoms in total. The van der Waals surface area contributed by atoms with Gasteiger partial charge in [-0.2, -0.15) is 0 Å². The molecule has 0 aliphatic carbocycles. The summed E-state index contributed by atoms with van der Waals surface area (Å²) >= 11 is 1.86. The fourth-order valence-corrected chi connectivity index (χ4v) is 4.10. The molecule has 2 heterocycles. The van der Waals surface area contributed by atoms with Crippen LogP contribution in [0.15, 0.2) is 11.4 Å².